The maximum atomic E-state index is 11.2. The Morgan fingerprint density at radius 1 is 1.33 bits per heavy atom. The second-order valence-electron chi connectivity index (χ2n) is 4.34. The van der Waals surface area contributed by atoms with Gasteiger partial charge in [0.1, 0.15) is 11.5 Å². The van der Waals surface area contributed by atoms with Crippen molar-refractivity contribution in [3.8, 4) is 0 Å². The lowest BCUT2D eigenvalue weighted by atomic mass is 10.1. The number of rotatable bonds is 3. The first-order chi connectivity index (χ1) is 7.29. The molecule has 1 amide bonds. The molecular formula is C10H18N2O2S. The van der Waals surface area contributed by atoms with Crippen molar-refractivity contribution in [1.29, 1.82) is 0 Å². The number of amides is 1. The highest BCUT2D eigenvalue weighted by Crippen LogP contribution is 2.22. The summed E-state index contributed by atoms with van der Waals surface area (Å²) < 4.78 is 11.2. The lowest BCUT2D eigenvalue weighted by Gasteiger charge is -2.31. The number of carbonyl (C=O) groups excluding carboxylic acids is 1. The van der Waals surface area contributed by atoms with Crippen LogP contribution in [0.4, 0.5) is 0 Å². The first-order valence-corrected chi connectivity index (χ1v) is 7.07. The molecule has 2 rings (SSSR count). The van der Waals surface area contributed by atoms with Crippen LogP contribution in [-0.4, -0.2) is 52.5 Å². The summed E-state index contributed by atoms with van der Waals surface area (Å²) in [6, 6.07) is 0.927. The summed E-state index contributed by atoms with van der Waals surface area (Å²) in [5.41, 5.74) is 0. The van der Waals surface area contributed by atoms with E-state index in [0.717, 1.165) is 50.3 Å². The van der Waals surface area contributed by atoms with Crippen LogP contribution in [0.1, 0.15) is 19.3 Å². The van der Waals surface area contributed by atoms with E-state index in [4.69, 9.17) is 0 Å². The Morgan fingerprint density at radius 2 is 2.07 bits per heavy atom. The van der Waals surface area contributed by atoms with E-state index in [1.807, 2.05) is 0 Å². The Balaban J connectivity index is 1.78. The molecule has 0 bridgehead atoms. The first-order valence-electron chi connectivity index (χ1n) is 5.58. The van der Waals surface area contributed by atoms with Crippen LogP contribution in [-0.2, 0) is 16.0 Å². The zero-order valence-electron chi connectivity index (χ0n) is 8.85. The molecule has 0 aromatic carbocycles. The van der Waals surface area contributed by atoms with Gasteiger partial charge < -0.3 is 9.87 Å². The van der Waals surface area contributed by atoms with Crippen molar-refractivity contribution >= 4 is 17.6 Å². The van der Waals surface area contributed by atoms with Crippen LogP contribution in [0.15, 0.2) is 0 Å². The number of likely N-dealkylation sites (tertiary alicyclic amines) is 1. The van der Waals surface area contributed by atoms with Gasteiger partial charge >= 0.3 is 0 Å². The fourth-order valence-electron chi connectivity index (χ4n) is 2.50. The monoisotopic (exact) mass is 230 g/mol. The Hall–Kier alpha value is -0.260. The molecule has 86 valence electrons. The van der Waals surface area contributed by atoms with Gasteiger partial charge in [0.05, 0.1) is 0 Å². The highest BCUT2D eigenvalue weighted by Gasteiger charge is 2.31. The predicted octanol–water partition coefficient (Wildman–Crippen LogP) is -0.282. The minimum atomic E-state index is -0.572. The Kier molecular flexibility index (Phi) is 3.88. The number of nitrogens with one attached hydrogen (secondary N) is 1. The van der Waals surface area contributed by atoms with Crippen molar-refractivity contribution in [2.75, 3.05) is 24.6 Å². The van der Waals surface area contributed by atoms with Gasteiger partial charge in [-0.1, -0.05) is 11.2 Å². The topological polar surface area (TPSA) is 55.4 Å². The van der Waals surface area contributed by atoms with E-state index >= 15 is 0 Å². The van der Waals surface area contributed by atoms with Crippen molar-refractivity contribution in [3.63, 3.8) is 0 Å². The molecule has 4 nitrogen and oxygen atoms in total. The summed E-state index contributed by atoms with van der Waals surface area (Å²) in [6.07, 6.45) is 3.96. The third-order valence-corrected chi connectivity index (χ3v) is 4.78. The number of hydrogen-bond acceptors (Lipinski definition) is 3. The minimum absolute atomic E-state index is 0.329. The van der Waals surface area contributed by atoms with Gasteiger partial charge in [-0.25, -0.2) is 0 Å². The van der Waals surface area contributed by atoms with Gasteiger partial charge in [0.2, 0.25) is 6.41 Å². The van der Waals surface area contributed by atoms with Crippen LogP contribution in [0.3, 0.4) is 0 Å². The SMILES string of the molecule is O=CNC1CCN(C2CC[S+]([O-])CC2)C1. The van der Waals surface area contributed by atoms with Gasteiger partial charge in [0.25, 0.3) is 0 Å². The van der Waals surface area contributed by atoms with Gasteiger partial charge in [-0.3, -0.25) is 9.69 Å². The van der Waals surface area contributed by atoms with E-state index in [0.29, 0.717) is 12.1 Å². The standard InChI is InChI=1S/C10H18N2O2S/c13-8-11-9-1-4-12(7-9)10-2-5-15(14)6-3-10/h8-10H,1-7H2,(H,11,13). The molecule has 1 atom stereocenters. The number of nitrogens with zero attached hydrogens (tertiary/aromatic N) is 1. The second kappa shape index (κ2) is 5.18. The molecule has 0 aromatic heterocycles. The smallest absolute Gasteiger partial charge is 0.207 e. The van der Waals surface area contributed by atoms with Gasteiger partial charge in [-0.2, -0.15) is 0 Å². The average molecular weight is 230 g/mol. The molecule has 15 heavy (non-hydrogen) atoms. The molecule has 5 heteroatoms. The van der Waals surface area contributed by atoms with Crippen molar-refractivity contribution < 1.29 is 9.35 Å². The molecule has 2 aliphatic heterocycles. The molecule has 1 N–H and O–H groups in total. The van der Waals surface area contributed by atoms with E-state index in [9.17, 15) is 9.35 Å². The summed E-state index contributed by atoms with van der Waals surface area (Å²) in [4.78, 5) is 12.8. The maximum Gasteiger partial charge on any atom is 0.207 e. The molecule has 0 radical (unpaired) electrons. The summed E-state index contributed by atoms with van der Waals surface area (Å²) in [6.45, 7) is 2.04. The molecule has 2 aliphatic rings. The third kappa shape index (κ3) is 2.86. The van der Waals surface area contributed by atoms with Gasteiger partial charge in [0, 0.05) is 38.0 Å². The first kappa shape index (κ1) is 11.2. The van der Waals surface area contributed by atoms with Crippen LogP contribution in [0, 0.1) is 0 Å². The highest BCUT2D eigenvalue weighted by atomic mass is 32.2. The normalized spacial score (nSPS) is 37.8. The lowest BCUT2D eigenvalue weighted by molar-refractivity contribution is -0.110. The van der Waals surface area contributed by atoms with Crippen molar-refractivity contribution in [1.82, 2.24) is 10.2 Å². The quantitative estimate of drug-likeness (QED) is 0.536. The van der Waals surface area contributed by atoms with E-state index in [-0.39, 0.29) is 0 Å². The van der Waals surface area contributed by atoms with E-state index in [1.54, 1.807) is 0 Å². The highest BCUT2D eigenvalue weighted by molar-refractivity contribution is 7.91. The summed E-state index contributed by atoms with van der Waals surface area (Å²) in [7, 11) is 0. The molecule has 0 spiro atoms. The average Bonchev–Trinajstić information content (AvgIpc) is 2.68. The Morgan fingerprint density at radius 3 is 2.73 bits per heavy atom. The number of carbonyl (C=O) groups is 1. The molecular weight excluding hydrogens is 212 g/mol. The second-order valence-corrected chi connectivity index (χ2v) is 6.04. The van der Waals surface area contributed by atoms with Gasteiger partial charge in [-0.15, -0.1) is 0 Å². The maximum absolute atomic E-state index is 11.2. The fraction of sp³-hybridized carbons (Fsp3) is 0.900. The molecule has 0 saturated carbocycles. The molecule has 2 fully saturated rings. The van der Waals surface area contributed by atoms with Crippen LogP contribution in [0.2, 0.25) is 0 Å². The molecule has 2 heterocycles. The molecule has 0 aromatic rings. The van der Waals surface area contributed by atoms with Crippen molar-refractivity contribution in [3.05, 3.63) is 0 Å². The van der Waals surface area contributed by atoms with E-state index < -0.39 is 11.2 Å². The van der Waals surface area contributed by atoms with Gasteiger partial charge in [0.15, 0.2) is 0 Å². The summed E-state index contributed by atoms with van der Waals surface area (Å²) in [5, 5.41) is 2.84. The van der Waals surface area contributed by atoms with E-state index in [2.05, 4.69) is 10.2 Å². The van der Waals surface area contributed by atoms with Crippen LogP contribution in [0.5, 0.6) is 0 Å². The van der Waals surface area contributed by atoms with Gasteiger partial charge in [-0.05, 0) is 6.42 Å². The third-order valence-electron chi connectivity index (χ3n) is 3.40. The zero-order valence-corrected chi connectivity index (χ0v) is 9.67. The van der Waals surface area contributed by atoms with Crippen molar-refractivity contribution in [2.24, 2.45) is 0 Å². The number of hydrogen-bond donors (Lipinski definition) is 1. The molecule has 2 saturated heterocycles. The van der Waals surface area contributed by atoms with Crippen LogP contribution < -0.4 is 5.32 Å². The van der Waals surface area contributed by atoms with Crippen LogP contribution >= 0.6 is 0 Å². The minimum Gasteiger partial charge on any atom is -0.616 e. The molecule has 1 unspecified atom stereocenters. The predicted molar refractivity (Wildman–Crippen MR) is 60.1 cm³/mol. The Bertz CT molecular complexity index is 219. The fourth-order valence-corrected chi connectivity index (χ4v) is 3.77. The van der Waals surface area contributed by atoms with Crippen LogP contribution in [0.25, 0.3) is 0 Å². The van der Waals surface area contributed by atoms with E-state index in [1.165, 1.54) is 0 Å². The summed E-state index contributed by atoms with van der Waals surface area (Å²) >= 11 is -0.572. The van der Waals surface area contributed by atoms with Crippen molar-refractivity contribution in [2.45, 2.75) is 31.3 Å². The largest absolute Gasteiger partial charge is 0.616 e. The zero-order chi connectivity index (χ0) is 10.7. The molecule has 0 aliphatic carbocycles. The Labute approximate surface area is 93.6 Å². The lowest BCUT2D eigenvalue weighted by Crippen LogP contribution is -2.41. The summed E-state index contributed by atoms with van der Waals surface area (Å²) in [5.74, 6) is 1.71.